The zero-order valence-electron chi connectivity index (χ0n) is 75.3. The summed E-state index contributed by atoms with van der Waals surface area (Å²) in [6.45, 7) is 0. The highest BCUT2D eigenvalue weighted by atomic mass is 16.3. The van der Waals surface area contributed by atoms with E-state index in [0.29, 0.717) is 52.4 Å². The second-order valence-electron chi connectivity index (χ2n) is 35.6. The van der Waals surface area contributed by atoms with Crippen molar-refractivity contribution in [3.05, 3.63) is 467 Å². The van der Waals surface area contributed by atoms with Gasteiger partial charge in [0.2, 0.25) is 0 Å². The maximum Gasteiger partial charge on any atom is 0.167 e. The van der Waals surface area contributed by atoms with Crippen molar-refractivity contribution in [3.63, 3.8) is 0 Å². The Hall–Kier alpha value is -19.0. The molecule has 11 heteroatoms. The van der Waals surface area contributed by atoms with Gasteiger partial charge in [-0.2, -0.15) is 0 Å². The normalized spacial score (nSPS) is 11.7. The van der Waals surface area contributed by atoms with Crippen molar-refractivity contribution in [2.24, 2.45) is 0 Å². The Kier molecular flexibility index (Phi) is 19.3. The van der Waals surface area contributed by atoms with Crippen LogP contribution in [0.3, 0.4) is 0 Å². The fourth-order valence-corrected chi connectivity index (χ4v) is 20.8. The van der Waals surface area contributed by atoms with E-state index >= 15 is 0 Å². The molecule has 0 bridgehead atoms. The van der Waals surface area contributed by atoms with Crippen LogP contribution < -0.4 is 0 Å². The lowest BCUT2D eigenvalue weighted by Gasteiger charge is -2.14. The SMILES string of the molecule is c1ccc(-c2nc(-c3ccc4c(c3)oc3ccccc34)nc(-c3cccc4ccc5c6ccc7ccccc7c6ccc5c34)n2)cc1.c1ccc(-c2nc(-c3ccc4ccc5c(ccc6c7ccccc7ccc65)c4c3)nc(-c3cccc4c3oc3ccccc34)n2)cc1.c1ccc(-c2nc(-c3ccccc3)nc(-c3ccccc3-c3ccc4ccc5c(ccc6c7ccccc7ccc65)c4c3)n2)cc1. The van der Waals surface area contributed by atoms with E-state index in [2.05, 4.69) is 291 Å². The Morgan fingerprint density at radius 1 is 0.121 bits per heavy atom. The van der Waals surface area contributed by atoms with E-state index in [0.717, 1.165) is 121 Å². The van der Waals surface area contributed by atoms with Crippen molar-refractivity contribution >= 4 is 173 Å². The second-order valence-corrected chi connectivity index (χ2v) is 35.6. The van der Waals surface area contributed by atoms with Crippen molar-refractivity contribution < 1.29 is 8.83 Å². The molecule has 0 atom stereocenters. The standard InChI is InChI=1S/2C43H25N3O.C43H27N3/c1-2-10-28(11-3-1)41-44-42(29-19-22-35-34-14-6-7-16-38(34)47-39(35)25-29)46-43(45-41)37-15-8-12-27-18-21-33-32-20-17-26-9-4-5-13-30(26)31(32)23-24-36(33)40(27)37;1-2-10-28(11-3-1)41-44-42(46-43(45-41)37-15-8-14-36-35-13-6-7-16-39(35)47-40(36)37)29-18-17-27-20-22-33-32-21-19-26-9-4-5-12-30(26)31(32)23-24-34(33)38(27)25-29;1-3-12-30(13-4-1)41-44-42(31-14-5-2-6-15-31)46-43(45-41)39-18-10-9-17-34(39)32-20-19-29-22-24-37-36-23-21-28-11-7-8-16-33(28)35(36)25-26-38(37)40(29)27-32/h2*1-25H;1-27H. The first kappa shape index (κ1) is 80.7. The number of nitrogens with zero attached hydrogens (tertiary/aromatic N) is 9. The van der Waals surface area contributed by atoms with Gasteiger partial charge in [0.15, 0.2) is 52.4 Å². The predicted octanol–water partition coefficient (Wildman–Crippen LogP) is 33.9. The van der Waals surface area contributed by atoms with Gasteiger partial charge in [-0.1, -0.05) is 425 Å². The van der Waals surface area contributed by atoms with Crippen LogP contribution in [0.25, 0.3) is 287 Å². The number of fused-ring (bicyclic) bond motifs is 27. The highest BCUT2D eigenvalue weighted by molar-refractivity contribution is 6.27. The number of furan rings is 2. The summed E-state index contributed by atoms with van der Waals surface area (Å²) in [4.78, 5) is 45.4. The van der Waals surface area contributed by atoms with Crippen LogP contribution in [0.15, 0.2) is 476 Å². The van der Waals surface area contributed by atoms with E-state index in [1.165, 1.54) is 113 Å². The third-order valence-corrected chi connectivity index (χ3v) is 27.5. The Morgan fingerprint density at radius 2 is 0.386 bits per heavy atom. The Bertz CT molecular complexity index is 10100. The van der Waals surface area contributed by atoms with Crippen LogP contribution in [0.5, 0.6) is 0 Å². The predicted molar refractivity (Wildman–Crippen MR) is 578 cm³/mol. The molecule has 5 heterocycles. The van der Waals surface area contributed by atoms with Crippen LogP contribution in [0, 0.1) is 0 Å². The number of aromatic nitrogens is 9. The van der Waals surface area contributed by atoms with Crippen molar-refractivity contribution in [2.45, 2.75) is 0 Å². The Labute approximate surface area is 802 Å². The van der Waals surface area contributed by atoms with Crippen molar-refractivity contribution in [1.29, 1.82) is 0 Å². The molecule has 29 aromatic rings. The molecule has 140 heavy (non-hydrogen) atoms. The lowest BCUT2D eigenvalue weighted by Crippen LogP contribution is -2.01. The lowest BCUT2D eigenvalue weighted by molar-refractivity contribution is 0.669. The highest BCUT2D eigenvalue weighted by Gasteiger charge is 2.24. The molecule has 650 valence electrons. The maximum absolute atomic E-state index is 6.40. The topological polar surface area (TPSA) is 142 Å². The molecule has 0 aliphatic carbocycles. The molecule has 0 aliphatic rings. The van der Waals surface area contributed by atoms with Gasteiger partial charge < -0.3 is 8.83 Å². The molecule has 0 radical (unpaired) electrons. The molecule has 0 N–H and O–H groups in total. The first-order valence-corrected chi connectivity index (χ1v) is 47.1. The molecule has 24 aromatic carbocycles. The first-order chi connectivity index (χ1) is 69.4. The lowest BCUT2D eigenvalue weighted by atomic mass is 9.92. The van der Waals surface area contributed by atoms with Gasteiger partial charge in [-0.15, -0.1) is 0 Å². The minimum absolute atomic E-state index is 0.578. The zero-order valence-corrected chi connectivity index (χ0v) is 75.3. The molecule has 29 rings (SSSR count). The van der Waals surface area contributed by atoms with Gasteiger partial charge >= 0.3 is 0 Å². The molecular formula is C129H77N9O2. The van der Waals surface area contributed by atoms with E-state index in [4.69, 9.17) is 53.7 Å². The fraction of sp³-hybridized carbons (Fsp3) is 0. The van der Waals surface area contributed by atoms with Gasteiger partial charge in [0.25, 0.3) is 0 Å². The summed E-state index contributed by atoms with van der Waals surface area (Å²) in [6.07, 6.45) is 0. The van der Waals surface area contributed by atoms with Crippen LogP contribution in [0.1, 0.15) is 0 Å². The minimum atomic E-state index is 0.578. The van der Waals surface area contributed by atoms with Crippen molar-refractivity contribution in [2.75, 3.05) is 0 Å². The maximum atomic E-state index is 6.40. The van der Waals surface area contributed by atoms with Gasteiger partial charge in [-0.25, -0.2) is 44.9 Å². The van der Waals surface area contributed by atoms with Gasteiger partial charge in [-0.05, 0) is 177 Å². The summed E-state index contributed by atoms with van der Waals surface area (Å²) in [5.41, 5.74) is 13.9. The molecule has 5 aromatic heterocycles. The molecule has 0 saturated carbocycles. The molecule has 11 nitrogen and oxygen atoms in total. The molecule has 0 saturated heterocycles. The fourth-order valence-electron chi connectivity index (χ4n) is 20.8. The molecule has 0 aliphatic heterocycles. The van der Waals surface area contributed by atoms with E-state index < -0.39 is 0 Å². The van der Waals surface area contributed by atoms with Gasteiger partial charge in [-0.3, -0.25) is 0 Å². The van der Waals surface area contributed by atoms with Crippen LogP contribution in [-0.2, 0) is 0 Å². The summed E-state index contributed by atoms with van der Waals surface area (Å²) in [5, 5.41) is 33.8. The van der Waals surface area contributed by atoms with E-state index in [-0.39, 0.29) is 0 Å². The van der Waals surface area contributed by atoms with Crippen molar-refractivity contribution in [3.8, 4) is 114 Å². The quantitative estimate of drug-likeness (QED) is 0.121. The van der Waals surface area contributed by atoms with Crippen LogP contribution in [-0.4, -0.2) is 44.9 Å². The average Bonchev–Trinajstić information content (AvgIpc) is 0.831. The average molecular weight is 1790 g/mol. The van der Waals surface area contributed by atoms with Crippen molar-refractivity contribution in [1.82, 2.24) is 44.9 Å². The zero-order chi connectivity index (χ0) is 92.2. The number of benzene rings is 24. The van der Waals surface area contributed by atoms with E-state index in [1.807, 2.05) is 176 Å². The largest absolute Gasteiger partial charge is 0.456 e. The van der Waals surface area contributed by atoms with E-state index in [9.17, 15) is 0 Å². The third kappa shape index (κ3) is 14.1. The van der Waals surface area contributed by atoms with Crippen LogP contribution >= 0.6 is 0 Å². The summed E-state index contributed by atoms with van der Waals surface area (Å²) >= 11 is 0. The molecular weight excluding hydrogens is 1710 g/mol. The monoisotopic (exact) mass is 1780 g/mol. The number of rotatable bonds is 10. The summed E-state index contributed by atoms with van der Waals surface area (Å²) in [7, 11) is 0. The Balaban J connectivity index is 0.000000105. The van der Waals surface area contributed by atoms with Gasteiger partial charge in [0.05, 0.1) is 5.56 Å². The van der Waals surface area contributed by atoms with Crippen LogP contribution in [0.2, 0.25) is 0 Å². The smallest absolute Gasteiger partial charge is 0.167 e. The number of para-hydroxylation sites is 3. The number of hydrogen-bond acceptors (Lipinski definition) is 11. The number of hydrogen-bond donors (Lipinski definition) is 0. The third-order valence-electron chi connectivity index (χ3n) is 27.5. The second kappa shape index (κ2) is 33.6. The molecule has 0 unspecified atom stereocenters. The molecule has 0 amide bonds. The van der Waals surface area contributed by atoms with Gasteiger partial charge in [0.1, 0.15) is 22.3 Å². The minimum Gasteiger partial charge on any atom is -0.456 e. The van der Waals surface area contributed by atoms with Crippen LogP contribution in [0.4, 0.5) is 0 Å². The molecule has 0 fully saturated rings. The summed E-state index contributed by atoms with van der Waals surface area (Å²) in [5.74, 6) is 5.65. The van der Waals surface area contributed by atoms with E-state index in [1.54, 1.807) is 0 Å². The first-order valence-electron chi connectivity index (χ1n) is 47.1. The summed E-state index contributed by atoms with van der Waals surface area (Å²) in [6, 6.07) is 163. The highest BCUT2D eigenvalue weighted by Crippen LogP contribution is 2.46. The van der Waals surface area contributed by atoms with Gasteiger partial charge in [0, 0.05) is 71.4 Å². The summed E-state index contributed by atoms with van der Waals surface area (Å²) < 4.78 is 12.6. The molecule has 0 spiro atoms. The Morgan fingerprint density at radius 3 is 0.871 bits per heavy atom.